The standard InChI is InChI=1S/C29H26FN7O2/c1-18(38)22-10-11-23(16-22)32-17-19-6-8-21(9-7-19)28-33-29(39-35-28)26-27(20-12-14-31-15-13-20)37(36-34-26)25-5-3-2-4-24(25)30/h2-9,12-15,22-23,32H,10-11,16-17H2,1H3/t22-,23+/m0/s1. The zero-order chi connectivity index (χ0) is 26.8. The van der Waals surface area contributed by atoms with Crippen LogP contribution in [0.1, 0.15) is 31.7 Å². The number of aromatic nitrogens is 6. The normalized spacial score (nSPS) is 17.0. The SMILES string of the molecule is CC(=O)[C@H]1CC[C@@H](NCc2ccc(-c3noc(-c4nnn(-c5ccccc5F)c4-c4ccncc4)n3)cc2)C1. The van der Waals surface area contributed by atoms with E-state index in [0.29, 0.717) is 23.3 Å². The van der Waals surface area contributed by atoms with E-state index in [1.54, 1.807) is 49.6 Å². The van der Waals surface area contributed by atoms with Crippen LogP contribution in [0.25, 0.3) is 39.9 Å². The zero-order valence-electron chi connectivity index (χ0n) is 21.3. The summed E-state index contributed by atoms with van der Waals surface area (Å²) in [4.78, 5) is 20.3. The Balaban J connectivity index is 1.24. The molecule has 10 heteroatoms. The number of halogens is 1. The van der Waals surface area contributed by atoms with Gasteiger partial charge in [-0.15, -0.1) is 5.10 Å². The molecular formula is C29H26FN7O2. The molecular weight excluding hydrogens is 497 g/mol. The Morgan fingerprint density at radius 3 is 2.59 bits per heavy atom. The summed E-state index contributed by atoms with van der Waals surface area (Å²) in [5, 5.41) is 16.2. The minimum absolute atomic E-state index is 0.173. The molecule has 1 aliphatic rings. The van der Waals surface area contributed by atoms with Gasteiger partial charge in [-0.2, -0.15) is 4.98 Å². The van der Waals surface area contributed by atoms with Gasteiger partial charge in [0.1, 0.15) is 23.0 Å². The Labute approximate surface area is 224 Å². The first kappa shape index (κ1) is 24.7. The van der Waals surface area contributed by atoms with Crippen LogP contribution in [0.4, 0.5) is 4.39 Å². The Morgan fingerprint density at radius 1 is 1.05 bits per heavy atom. The molecule has 0 spiro atoms. The van der Waals surface area contributed by atoms with E-state index < -0.39 is 5.82 Å². The van der Waals surface area contributed by atoms with E-state index in [0.717, 1.165) is 42.5 Å². The van der Waals surface area contributed by atoms with Gasteiger partial charge < -0.3 is 9.84 Å². The van der Waals surface area contributed by atoms with Crippen molar-refractivity contribution in [3.8, 4) is 39.9 Å². The first-order chi connectivity index (χ1) is 19.1. The largest absolute Gasteiger partial charge is 0.332 e. The van der Waals surface area contributed by atoms with Crippen LogP contribution in [0.5, 0.6) is 0 Å². The number of hydrogen-bond acceptors (Lipinski definition) is 8. The number of nitrogens with zero attached hydrogens (tertiary/aromatic N) is 6. The maximum atomic E-state index is 14.7. The number of hydrogen-bond donors (Lipinski definition) is 1. The molecule has 5 aromatic rings. The predicted octanol–water partition coefficient (Wildman–Crippen LogP) is 5.03. The molecule has 1 N–H and O–H groups in total. The number of pyridine rings is 1. The summed E-state index contributed by atoms with van der Waals surface area (Å²) >= 11 is 0. The average Bonchev–Trinajstić information content (AvgIpc) is 3.73. The molecule has 1 fully saturated rings. The number of Topliss-reactive ketones (excluding diaryl/α,β-unsaturated/α-hetero) is 1. The van der Waals surface area contributed by atoms with Crippen LogP contribution in [0, 0.1) is 11.7 Å². The van der Waals surface area contributed by atoms with Gasteiger partial charge in [0.05, 0.1) is 0 Å². The summed E-state index contributed by atoms with van der Waals surface area (Å²) in [5.74, 6) is 0.615. The fourth-order valence-corrected chi connectivity index (χ4v) is 4.99. The van der Waals surface area contributed by atoms with Crippen LogP contribution >= 0.6 is 0 Å². The first-order valence-corrected chi connectivity index (χ1v) is 12.8. The van der Waals surface area contributed by atoms with E-state index in [1.807, 2.05) is 24.3 Å². The number of ketones is 1. The third-order valence-electron chi connectivity index (χ3n) is 7.15. The highest BCUT2D eigenvalue weighted by molar-refractivity contribution is 5.78. The maximum absolute atomic E-state index is 14.7. The van der Waals surface area contributed by atoms with Gasteiger partial charge in [0, 0.05) is 42.0 Å². The molecule has 39 heavy (non-hydrogen) atoms. The molecule has 6 rings (SSSR count). The van der Waals surface area contributed by atoms with Crippen molar-refractivity contribution in [2.75, 3.05) is 0 Å². The van der Waals surface area contributed by atoms with Gasteiger partial charge in [0.2, 0.25) is 5.82 Å². The van der Waals surface area contributed by atoms with Crippen LogP contribution in [0.15, 0.2) is 77.6 Å². The highest BCUT2D eigenvalue weighted by Gasteiger charge is 2.27. The van der Waals surface area contributed by atoms with Crippen molar-refractivity contribution in [3.05, 3.63) is 84.4 Å². The van der Waals surface area contributed by atoms with Crippen molar-refractivity contribution < 1.29 is 13.7 Å². The maximum Gasteiger partial charge on any atom is 0.281 e. The fraction of sp³-hybridized carbons (Fsp3) is 0.241. The van der Waals surface area contributed by atoms with E-state index in [-0.39, 0.29) is 23.3 Å². The van der Waals surface area contributed by atoms with Gasteiger partial charge in [0.15, 0.2) is 5.69 Å². The van der Waals surface area contributed by atoms with Crippen LogP contribution in [0.3, 0.4) is 0 Å². The Hall–Kier alpha value is -4.57. The van der Waals surface area contributed by atoms with Crippen LogP contribution in [-0.2, 0) is 11.3 Å². The molecule has 2 atom stereocenters. The van der Waals surface area contributed by atoms with Crippen molar-refractivity contribution in [2.45, 2.75) is 38.8 Å². The van der Waals surface area contributed by atoms with Gasteiger partial charge in [-0.05, 0) is 56.0 Å². The Bertz CT molecular complexity index is 1600. The molecule has 196 valence electrons. The van der Waals surface area contributed by atoms with Crippen molar-refractivity contribution in [2.24, 2.45) is 5.92 Å². The summed E-state index contributed by atoms with van der Waals surface area (Å²) in [7, 11) is 0. The first-order valence-electron chi connectivity index (χ1n) is 12.8. The zero-order valence-corrected chi connectivity index (χ0v) is 21.3. The fourth-order valence-electron chi connectivity index (χ4n) is 4.99. The molecule has 0 bridgehead atoms. The number of carbonyl (C=O) groups excluding carboxylic acids is 1. The van der Waals surface area contributed by atoms with Crippen molar-refractivity contribution in [1.82, 2.24) is 35.4 Å². The molecule has 1 aliphatic carbocycles. The molecule has 9 nitrogen and oxygen atoms in total. The summed E-state index contributed by atoms with van der Waals surface area (Å²) in [5.41, 5.74) is 3.74. The molecule has 1 saturated carbocycles. The smallest absolute Gasteiger partial charge is 0.281 e. The van der Waals surface area contributed by atoms with E-state index in [1.165, 1.54) is 10.7 Å². The number of nitrogens with one attached hydrogen (secondary N) is 1. The summed E-state index contributed by atoms with van der Waals surface area (Å²) in [6.45, 7) is 2.40. The Kier molecular flexibility index (Phi) is 6.76. The third-order valence-corrected chi connectivity index (χ3v) is 7.15. The molecule has 3 heterocycles. The van der Waals surface area contributed by atoms with Gasteiger partial charge >= 0.3 is 0 Å². The molecule has 0 unspecified atom stereocenters. The van der Waals surface area contributed by atoms with Gasteiger partial charge in [0.25, 0.3) is 5.89 Å². The average molecular weight is 524 g/mol. The van der Waals surface area contributed by atoms with E-state index in [9.17, 15) is 9.18 Å². The monoisotopic (exact) mass is 523 g/mol. The molecule has 0 radical (unpaired) electrons. The minimum atomic E-state index is -0.434. The lowest BCUT2D eigenvalue weighted by Gasteiger charge is -2.12. The minimum Gasteiger partial charge on any atom is -0.332 e. The van der Waals surface area contributed by atoms with Crippen molar-refractivity contribution in [3.63, 3.8) is 0 Å². The van der Waals surface area contributed by atoms with Crippen molar-refractivity contribution >= 4 is 5.78 Å². The van der Waals surface area contributed by atoms with E-state index in [2.05, 4.69) is 30.8 Å². The van der Waals surface area contributed by atoms with Crippen molar-refractivity contribution in [1.29, 1.82) is 0 Å². The second-order valence-electron chi connectivity index (χ2n) is 9.70. The van der Waals surface area contributed by atoms with Gasteiger partial charge in [-0.1, -0.05) is 46.8 Å². The third kappa shape index (κ3) is 5.10. The second-order valence-corrected chi connectivity index (χ2v) is 9.70. The quantitative estimate of drug-likeness (QED) is 0.301. The van der Waals surface area contributed by atoms with E-state index >= 15 is 0 Å². The summed E-state index contributed by atoms with van der Waals surface area (Å²) in [6, 6.07) is 18.2. The molecule has 0 amide bonds. The lowest BCUT2D eigenvalue weighted by molar-refractivity contribution is -0.120. The molecule has 0 saturated heterocycles. The van der Waals surface area contributed by atoms with E-state index in [4.69, 9.17) is 4.52 Å². The number of rotatable bonds is 8. The van der Waals surface area contributed by atoms with Crippen LogP contribution < -0.4 is 5.32 Å². The highest BCUT2D eigenvalue weighted by atomic mass is 19.1. The molecule has 3 aromatic heterocycles. The Morgan fingerprint density at radius 2 is 1.85 bits per heavy atom. The predicted molar refractivity (Wildman–Crippen MR) is 142 cm³/mol. The van der Waals surface area contributed by atoms with Gasteiger partial charge in [-0.3, -0.25) is 9.78 Å². The number of carbonyl (C=O) groups is 1. The molecule has 0 aliphatic heterocycles. The van der Waals surface area contributed by atoms with Crippen LogP contribution in [0.2, 0.25) is 0 Å². The summed E-state index contributed by atoms with van der Waals surface area (Å²) in [6.07, 6.45) is 6.17. The topological polar surface area (TPSA) is 112 Å². The van der Waals surface area contributed by atoms with Gasteiger partial charge in [-0.25, -0.2) is 9.07 Å². The summed E-state index contributed by atoms with van der Waals surface area (Å²) < 4.78 is 21.7. The highest BCUT2D eigenvalue weighted by Crippen LogP contribution is 2.33. The number of benzene rings is 2. The lowest BCUT2D eigenvalue weighted by Crippen LogP contribution is -2.26. The van der Waals surface area contributed by atoms with Crippen LogP contribution in [-0.4, -0.2) is 41.9 Å². The molecule has 2 aromatic carbocycles. The number of para-hydroxylation sites is 1. The second kappa shape index (κ2) is 10.7. The lowest BCUT2D eigenvalue weighted by atomic mass is 10.0.